The van der Waals surface area contributed by atoms with E-state index in [1.54, 1.807) is 11.1 Å². The summed E-state index contributed by atoms with van der Waals surface area (Å²) >= 11 is -1.68. The van der Waals surface area contributed by atoms with Crippen molar-refractivity contribution in [2.75, 3.05) is 0 Å². The molecule has 2 aliphatic carbocycles. The van der Waals surface area contributed by atoms with Crippen molar-refractivity contribution in [3.63, 3.8) is 0 Å². The molecular weight excluding hydrogens is 651 g/mol. The van der Waals surface area contributed by atoms with E-state index in [9.17, 15) is 0 Å². The van der Waals surface area contributed by atoms with Crippen molar-refractivity contribution in [3.8, 4) is 22.3 Å². The second-order valence-corrected chi connectivity index (χ2v) is 25.1. The number of hydrogen-bond acceptors (Lipinski definition) is 0. The Kier molecular flexibility index (Phi) is 9.36. The van der Waals surface area contributed by atoms with E-state index in [1.807, 2.05) is 0 Å². The van der Waals surface area contributed by atoms with Crippen LogP contribution in [-0.2, 0) is 16.6 Å². The number of benzene rings is 6. The summed E-state index contributed by atoms with van der Waals surface area (Å²) in [6.07, 6.45) is 9.66. The van der Waals surface area contributed by atoms with E-state index < -0.39 is 22.8 Å². The van der Waals surface area contributed by atoms with E-state index in [4.69, 9.17) is 0 Å². The number of rotatable bonds is 4. The van der Waals surface area contributed by atoms with Gasteiger partial charge >= 0.3 is 269 Å². The van der Waals surface area contributed by atoms with Gasteiger partial charge in [-0.05, 0) is 0 Å². The van der Waals surface area contributed by atoms with Gasteiger partial charge in [-0.25, -0.2) is 0 Å². The van der Waals surface area contributed by atoms with Crippen molar-refractivity contribution in [2.24, 2.45) is 0 Å². The van der Waals surface area contributed by atoms with Crippen LogP contribution in [0.3, 0.4) is 0 Å². The summed E-state index contributed by atoms with van der Waals surface area (Å²) in [5.41, 5.74) is 14.3. The third kappa shape index (κ3) is 5.27. The fourth-order valence-electron chi connectivity index (χ4n) is 7.94. The van der Waals surface area contributed by atoms with Gasteiger partial charge in [0.1, 0.15) is 0 Å². The van der Waals surface area contributed by atoms with Crippen LogP contribution < -0.4 is 24.8 Å². The zero-order valence-electron chi connectivity index (χ0n) is 26.6. The minimum atomic E-state index is -1.68. The molecule has 0 amide bonds. The molecule has 0 aromatic heterocycles. The molecule has 226 valence electrons. The number of hydrogen-bond donors (Lipinski definition) is 0. The van der Waals surface area contributed by atoms with Crippen molar-refractivity contribution >= 4 is 39.9 Å². The first kappa shape index (κ1) is 32.8. The van der Waals surface area contributed by atoms with Crippen molar-refractivity contribution in [2.45, 2.75) is 35.4 Å². The second kappa shape index (κ2) is 13.1. The molecule has 0 heterocycles. The van der Waals surface area contributed by atoms with Gasteiger partial charge in [0.2, 0.25) is 0 Å². The van der Waals surface area contributed by atoms with E-state index in [0.717, 1.165) is 0 Å². The summed E-state index contributed by atoms with van der Waals surface area (Å²) in [6.45, 7) is 9.72. The molecule has 0 saturated heterocycles. The number of fused-ring (bicyclic) bond motifs is 4. The van der Waals surface area contributed by atoms with Gasteiger partial charge in [-0.3, -0.25) is 0 Å². The predicted octanol–water partition coefficient (Wildman–Crippen LogP) is 5.66. The van der Waals surface area contributed by atoms with Crippen LogP contribution >= 0.6 is 0 Å². The maximum atomic E-state index is 2.60. The molecule has 8 rings (SSSR count). The van der Waals surface area contributed by atoms with Crippen LogP contribution in [0.4, 0.5) is 0 Å². The molecule has 6 aromatic carbocycles. The average Bonchev–Trinajstić information content (AvgIpc) is 3.66. The SMILES string of the molecule is Cc1ccc2ccccc2c1-c1cccc2c1C=C[CH]2[Ti+2]([CH]1C=Cc2c(-c3c(C)ccc4ccccc34)cccc21)=[Si](C)C.[Cl-].[Cl-]. The van der Waals surface area contributed by atoms with Crippen LogP contribution in [0, 0.1) is 13.8 Å². The maximum Gasteiger partial charge on any atom is -1.00 e. The fraction of sp³-hybridized carbons (Fsp3) is 0.143. The molecule has 6 aromatic rings. The van der Waals surface area contributed by atoms with E-state index >= 15 is 0 Å². The second-order valence-electron chi connectivity index (χ2n) is 12.7. The van der Waals surface area contributed by atoms with E-state index in [0.29, 0.717) is 8.45 Å². The van der Waals surface area contributed by atoms with E-state index in [1.165, 1.54) is 66.1 Å². The first-order valence-electron chi connectivity index (χ1n) is 15.8. The first-order chi connectivity index (χ1) is 21.5. The Hall–Kier alpha value is -3.17. The normalized spacial score (nSPS) is 15.5. The quantitative estimate of drug-likeness (QED) is 0.210. The zero-order valence-corrected chi connectivity index (χ0v) is 30.7. The topological polar surface area (TPSA) is 0 Å². The zero-order chi connectivity index (χ0) is 29.9. The predicted molar refractivity (Wildman–Crippen MR) is 189 cm³/mol. The molecule has 0 bridgehead atoms. The van der Waals surface area contributed by atoms with Crippen LogP contribution in [0.25, 0.3) is 56.0 Å². The molecule has 2 aliphatic rings. The Morgan fingerprint density at radius 1 is 0.500 bits per heavy atom. The molecular formula is C42H36Cl2SiTi. The third-order valence-electron chi connectivity index (χ3n) is 9.92. The Balaban J connectivity index is 0.00000186. The summed E-state index contributed by atoms with van der Waals surface area (Å²) < 4.78 is 1.15. The van der Waals surface area contributed by atoms with Crippen molar-refractivity contribution < 1.29 is 41.4 Å². The molecule has 0 nitrogen and oxygen atoms in total. The average molecular weight is 688 g/mol. The van der Waals surface area contributed by atoms with Crippen LogP contribution in [0.1, 0.15) is 41.8 Å². The minimum Gasteiger partial charge on any atom is -1.00 e. The molecule has 2 unspecified atom stereocenters. The summed E-state index contributed by atoms with van der Waals surface area (Å²) in [4.78, 5) is 0. The number of allylic oxidation sites excluding steroid dienone is 2. The summed E-state index contributed by atoms with van der Waals surface area (Å²) in [6, 6.07) is 41.1. The third-order valence-corrected chi connectivity index (χ3v) is 22.7. The molecule has 0 aliphatic heterocycles. The molecule has 0 fully saturated rings. The largest absolute Gasteiger partial charge is 1.00 e. The number of aryl methyl sites for hydroxylation is 2. The Labute approximate surface area is 291 Å². The van der Waals surface area contributed by atoms with Gasteiger partial charge in [0.05, 0.1) is 0 Å². The molecule has 0 saturated carbocycles. The standard InChI is InChI=1S/2C20H15.C2H6Si.2ClH.Ti/c2*1-14-12-13-16-6-2-3-9-18(16)20(14)19-11-5-8-15-7-4-10-17(15)19;1-3-2;;;/h2*2-13H,1H3;1-2H3;2*1H;/q;;;;;+2/p-2. The van der Waals surface area contributed by atoms with Gasteiger partial charge in [-0.1, -0.05) is 0 Å². The maximum absolute atomic E-state index is 2.60. The van der Waals surface area contributed by atoms with Crippen LogP contribution in [0.15, 0.2) is 121 Å². The molecule has 0 radical (unpaired) electrons. The van der Waals surface area contributed by atoms with Crippen LogP contribution in [-0.4, -0.2) is 6.19 Å². The fourth-order valence-corrected chi connectivity index (χ4v) is 20.5. The Bertz CT molecular complexity index is 2090. The molecule has 2 atom stereocenters. The van der Waals surface area contributed by atoms with Gasteiger partial charge in [0.25, 0.3) is 0 Å². The van der Waals surface area contributed by atoms with E-state index in [2.05, 4.69) is 160 Å². The monoisotopic (exact) mass is 686 g/mol. The smallest absolute Gasteiger partial charge is 1.00 e. The van der Waals surface area contributed by atoms with Gasteiger partial charge in [0.15, 0.2) is 0 Å². The molecule has 0 N–H and O–H groups in total. The van der Waals surface area contributed by atoms with Gasteiger partial charge in [0, 0.05) is 0 Å². The van der Waals surface area contributed by atoms with E-state index in [-0.39, 0.29) is 24.8 Å². The van der Waals surface area contributed by atoms with Crippen molar-refractivity contribution in [1.29, 1.82) is 0 Å². The summed E-state index contributed by atoms with van der Waals surface area (Å²) in [5, 5.41) is 5.34. The van der Waals surface area contributed by atoms with Crippen LogP contribution in [0.2, 0.25) is 13.1 Å². The van der Waals surface area contributed by atoms with Crippen molar-refractivity contribution in [1.82, 2.24) is 0 Å². The minimum absolute atomic E-state index is 0. The van der Waals surface area contributed by atoms with Gasteiger partial charge in [-0.15, -0.1) is 0 Å². The molecule has 0 spiro atoms. The first-order valence-corrected chi connectivity index (χ1v) is 22.4. The summed E-state index contributed by atoms with van der Waals surface area (Å²) in [7, 11) is 0. The summed E-state index contributed by atoms with van der Waals surface area (Å²) in [5.74, 6) is 0. The van der Waals surface area contributed by atoms with Crippen molar-refractivity contribution in [3.05, 3.63) is 155 Å². The Morgan fingerprint density at radius 3 is 1.37 bits per heavy atom. The molecule has 46 heavy (non-hydrogen) atoms. The van der Waals surface area contributed by atoms with Gasteiger partial charge < -0.3 is 24.8 Å². The number of halogens is 2. The Morgan fingerprint density at radius 2 is 0.935 bits per heavy atom. The van der Waals surface area contributed by atoms with Crippen LogP contribution in [0.5, 0.6) is 0 Å². The molecule has 4 heteroatoms. The van der Waals surface area contributed by atoms with Gasteiger partial charge in [-0.2, -0.15) is 0 Å².